The summed E-state index contributed by atoms with van der Waals surface area (Å²) in [4.78, 5) is 50.3. The maximum Gasteiger partial charge on any atom is 0.338 e. The maximum atomic E-state index is 13.5. The highest BCUT2D eigenvalue weighted by atomic mass is 16.6. The molecule has 0 bridgehead atoms. The van der Waals surface area contributed by atoms with E-state index in [4.69, 9.17) is 14.2 Å². The van der Waals surface area contributed by atoms with Crippen LogP contribution < -0.4 is 0 Å². The van der Waals surface area contributed by atoms with E-state index in [0.717, 1.165) is 24.8 Å². The Morgan fingerprint density at radius 1 is 0.800 bits per heavy atom. The standard InChI is InChI=1S/C33H52O7/c1-10-38-29(36)27-19-17-26(18-20-27)14-11-22-33(24(2)34,30(37)40-32(7,8)9)23-13-16-28(39-25(3)35)15-12-21-31(4,5)6/h17-20,28H,10-16,21-23H2,1-9H3. The maximum absolute atomic E-state index is 13.5. The van der Waals surface area contributed by atoms with Gasteiger partial charge in [-0.25, -0.2) is 4.79 Å². The summed E-state index contributed by atoms with van der Waals surface area (Å²) in [7, 11) is 0. The van der Waals surface area contributed by atoms with Crippen molar-refractivity contribution >= 4 is 23.7 Å². The number of carbonyl (C=O) groups is 4. The van der Waals surface area contributed by atoms with Gasteiger partial charge in [0.25, 0.3) is 0 Å². The van der Waals surface area contributed by atoms with Crippen molar-refractivity contribution in [1.29, 1.82) is 0 Å². The molecule has 1 aromatic rings. The Morgan fingerprint density at radius 3 is 1.82 bits per heavy atom. The van der Waals surface area contributed by atoms with Crippen LogP contribution in [0.5, 0.6) is 0 Å². The molecule has 0 radical (unpaired) electrons. The van der Waals surface area contributed by atoms with Gasteiger partial charge in [0.15, 0.2) is 0 Å². The van der Waals surface area contributed by atoms with E-state index in [9.17, 15) is 19.2 Å². The van der Waals surface area contributed by atoms with Gasteiger partial charge >= 0.3 is 17.9 Å². The molecule has 226 valence electrons. The highest BCUT2D eigenvalue weighted by Crippen LogP contribution is 2.36. The Labute approximate surface area is 241 Å². The summed E-state index contributed by atoms with van der Waals surface area (Å²) in [6, 6.07) is 7.20. The fraction of sp³-hybridized carbons (Fsp3) is 0.697. The van der Waals surface area contributed by atoms with Crippen LogP contribution in [0, 0.1) is 10.8 Å². The van der Waals surface area contributed by atoms with Crippen molar-refractivity contribution in [2.45, 2.75) is 132 Å². The van der Waals surface area contributed by atoms with E-state index in [-0.39, 0.29) is 29.2 Å². The summed E-state index contributed by atoms with van der Waals surface area (Å²) in [5, 5.41) is 0. The van der Waals surface area contributed by atoms with Crippen LogP contribution in [0.2, 0.25) is 0 Å². The molecule has 7 nitrogen and oxygen atoms in total. The number of Topliss-reactive ketones (excluding diaryl/α,β-unsaturated/α-hetero) is 1. The Morgan fingerprint density at radius 2 is 1.35 bits per heavy atom. The Bertz CT molecular complexity index is 966. The number of aryl methyl sites for hydroxylation is 1. The van der Waals surface area contributed by atoms with Gasteiger partial charge in [0.1, 0.15) is 22.9 Å². The minimum absolute atomic E-state index is 0.195. The Balaban J connectivity index is 3.00. The van der Waals surface area contributed by atoms with Crippen molar-refractivity contribution in [3.8, 4) is 0 Å². The van der Waals surface area contributed by atoms with Crippen molar-refractivity contribution < 1.29 is 33.4 Å². The van der Waals surface area contributed by atoms with Crippen molar-refractivity contribution in [3.05, 3.63) is 35.4 Å². The second-order valence-electron chi connectivity index (χ2n) is 13.0. The molecular weight excluding hydrogens is 508 g/mol. The van der Waals surface area contributed by atoms with Crippen molar-refractivity contribution in [1.82, 2.24) is 0 Å². The van der Waals surface area contributed by atoms with E-state index in [1.165, 1.54) is 13.8 Å². The van der Waals surface area contributed by atoms with Crippen LogP contribution in [0.3, 0.4) is 0 Å². The summed E-state index contributed by atoms with van der Waals surface area (Å²) in [5.74, 6) is -1.39. The number of rotatable bonds is 16. The van der Waals surface area contributed by atoms with Crippen LogP contribution in [0.4, 0.5) is 0 Å². The number of esters is 3. The number of benzene rings is 1. The molecule has 1 rings (SSSR count). The lowest BCUT2D eigenvalue weighted by atomic mass is 9.74. The lowest BCUT2D eigenvalue weighted by Crippen LogP contribution is -2.43. The zero-order chi connectivity index (χ0) is 30.6. The first-order valence-electron chi connectivity index (χ1n) is 14.7. The molecule has 0 heterocycles. The minimum Gasteiger partial charge on any atom is -0.463 e. The first-order valence-corrected chi connectivity index (χ1v) is 14.7. The quantitative estimate of drug-likeness (QED) is 0.118. The van der Waals surface area contributed by atoms with Crippen LogP contribution >= 0.6 is 0 Å². The van der Waals surface area contributed by atoms with Gasteiger partial charge in [-0.1, -0.05) is 32.9 Å². The molecule has 2 unspecified atom stereocenters. The van der Waals surface area contributed by atoms with Crippen LogP contribution in [0.15, 0.2) is 24.3 Å². The molecule has 0 aliphatic heterocycles. The minimum atomic E-state index is -1.27. The summed E-state index contributed by atoms with van der Waals surface area (Å²) < 4.78 is 16.4. The second-order valence-corrected chi connectivity index (χ2v) is 13.0. The Hall–Kier alpha value is -2.70. The lowest BCUT2D eigenvalue weighted by molar-refractivity contribution is -0.171. The van der Waals surface area contributed by atoms with Crippen molar-refractivity contribution in [2.24, 2.45) is 10.8 Å². The van der Waals surface area contributed by atoms with E-state index in [0.29, 0.717) is 50.7 Å². The largest absolute Gasteiger partial charge is 0.463 e. The highest BCUT2D eigenvalue weighted by Gasteiger charge is 2.45. The fourth-order valence-electron chi connectivity index (χ4n) is 4.81. The molecule has 0 saturated carbocycles. The molecule has 0 fully saturated rings. The summed E-state index contributed by atoms with van der Waals surface area (Å²) in [5.41, 5.74) is -0.315. The van der Waals surface area contributed by atoms with Crippen LogP contribution in [0.25, 0.3) is 0 Å². The van der Waals surface area contributed by atoms with Gasteiger partial charge in [-0.2, -0.15) is 0 Å². The monoisotopic (exact) mass is 560 g/mol. The van der Waals surface area contributed by atoms with Gasteiger partial charge in [0, 0.05) is 6.92 Å². The molecule has 0 aliphatic carbocycles. The number of ketones is 1. The molecule has 0 aliphatic rings. The molecule has 1 aromatic carbocycles. The number of hydrogen-bond acceptors (Lipinski definition) is 7. The molecule has 40 heavy (non-hydrogen) atoms. The molecule has 7 heteroatoms. The lowest BCUT2D eigenvalue weighted by Gasteiger charge is -2.33. The predicted molar refractivity (Wildman–Crippen MR) is 157 cm³/mol. The fourth-order valence-corrected chi connectivity index (χ4v) is 4.81. The zero-order valence-electron chi connectivity index (χ0n) is 26.3. The number of ether oxygens (including phenoxy) is 3. The topological polar surface area (TPSA) is 96.0 Å². The van der Waals surface area contributed by atoms with E-state index in [1.807, 2.05) is 12.1 Å². The normalized spacial score (nSPS) is 14.1. The summed E-state index contributed by atoms with van der Waals surface area (Å²) in [6.07, 6.45) is 5.49. The van der Waals surface area contributed by atoms with E-state index in [2.05, 4.69) is 20.8 Å². The van der Waals surface area contributed by atoms with Gasteiger partial charge in [-0.3, -0.25) is 14.4 Å². The van der Waals surface area contributed by atoms with E-state index >= 15 is 0 Å². The van der Waals surface area contributed by atoms with Gasteiger partial charge in [0.05, 0.1) is 12.2 Å². The van der Waals surface area contributed by atoms with Crippen LogP contribution in [0.1, 0.15) is 130 Å². The molecular formula is C33H52O7. The third kappa shape index (κ3) is 13.1. The van der Waals surface area contributed by atoms with Gasteiger partial charge in [0.2, 0.25) is 0 Å². The van der Waals surface area contributed by atoms with Gasteiger partial charge < -0.3 is 14.2 Å². The van der Waals surface area contributed by atoms with E-state index in [1.54, 1.807) is 39.8 Å². The molecule has 0 saturated heterocycles. The SMILES string of the molecule is CCOC(=O)c1ccc(CCCC(CCCC(CCCC(C)(C)C)OC(C)=O)(C(C)=O)C(=O)OC(C)(C)C)cc1. The zero-order valence-corrected chi connectivity index (χ0v) is 26.3. The average molecular weight is 561 g/mol. The second kappa shape index (κ2) is 15.9. The third-order valence-corrected chi connectivity index (χ3v) is 6.91. The average Bonchev–Trinajstić information content (AvgIpc) is 2.81. The molecule has 2 atom stereocenters. The van der Waals surface area contributed by atoms with Crippen molar-refractivity contribution in [2.75, 3.05) is 6.61 Å². The highest BCUT2D eigenvalue weighted by molar-refractivity contribution is 6.02. The van der Waals surface area contributed by atoms with Gasteiger partial charge in [-0.05, 0) is 116 Å². The van der Waals surface area contributed by atoms with Gasteiger partial charge in [-0.15, -0.1) is 0 Å². The molecule has 0 N–H and O–H groups in total. The van der Waals surface area contributed by atoms with Crippen LogP contribution in [-0.4, -0.2) is 42.0 Å². The number of hydrogen-bond donors (Lipinski definition) is 0. The van der Waals surface area contributed by atoms with Crippen molar-refractivity contribution in [3.63, 3.8) is 0 Å². The van der Waals surface area contributed by atoms with E-state index < -0.39 is 17.0 Å². The molecule has 0 amide bonds. The summed E-state index contributed by atoms with van der Waals surface area (Å²) >= 11 is 0. The number of carbonyl (C=O) groups excluding carboxylic acids is 4. The Kier molecular flexibility index (Phi) is 14.1. The molecule has 0 aromatic heterocycles. The molecule has 0 spiro atoms. The summed E-state index contributed by atoms with van der Waals surface area (Å²) in [6.45, 7) is 16.9. The predicted octanol–water partition coefficient (Wildman–Crippen LogP) is 7.42. The third-order valence-electron chi connectivity index (χ3n) is 6.91. The smallest absolute Gasteiger partial charge is 0.338 e. The first kappa shape index (κ1) is 35.3. The van der Waals surface area contributed by atoms with Crippen LogP contribution in [-0.2, 0) is 35.0 Å². The first-order chi connectivity index (χ1) is 18.5.